The molecule has 3 aromatic rings. The second-order valence-corrected chi connectivity index (χ2v) is 7.70. The molecule has 0 bridgehead atoms. The summed E-state index contributed by atoms with van der Waals surface area (Å²) in [7, 11) is 0. The number of nitrogens with zero attached hydrogens (tertiary/aromatic N) is 1. The van der Waals surface area contributed by atoms with Crippen molar-refractivity contribution in [2.45, 2.75) is 26.7 Å². The number of aryl methyl sites for hydroxylation is 1. The van der Waals surface area contributed by atoms with Crippen LogP contribution in [0.2, 0.25) is 0 Å². The zero-order valence-electron chi connectivity index (χ0n) is 17.4. The predicted molar refractivity (Wildman–Crippen MR) is 118 cm³/mol. The molecule has 0 radical (unpaired) electrons. The Balaban J connectivity index is 1.38. The van der Waals surface area contributed by atoms with E-state index in [0.29, 0.717) is 16.8 Å². The van der Waals surface area contributed by atoms with E-state index in [2.05, 4.69) is 16.2 Å². The number of hydrazine groups is 1. The van der Waals surface area contributed by atoms with Gasteiger partial charge in [0.2, 0.25) is 5.91 Å². The van der Waals surface area contributed by atoms with Gasteiger partial charge in [0.1, 0.15) is 0 Å². The monoisotopic (exact) mass is 416 g/mol. The summed E-state index contributed by atoms with van der Waals surface area (Å²) in [5, 5.41) is 2.83. The normalized spacial score (nSPS) is 12.8. The number of carbonyl (C=O) groups is 3. The molecular formula is C24H24N4O3. The second-order valence-electron chi connectivity index (χ2n) is 7.70. The van der Waals surface area contributed by atoms with Gasteiger partial charge in [0.25, 0.3) is 11.8 Å². The van der Waals surface area contributed by atoms with Gasteiger partial charge in [-0.25, -0.2) is 0 Å². The standard InChI is InChI=1S/C24H24N4O3/c1-15-14-21(16(2)28(15)20-6-4-3-5-7-20)24(31)27-26-23(30)18-10-12-19(13-11-18)25-22(29)17-8-9-17/h3-7,10-14,17H,8-9H2,1-2H3,(H,25,29)(H,26,30)(H,27,31). The largest absolute Gasteiger partial charge is 0.326 e. The first-order valence-electron chi connectivity index (χ1n) is 10.2. The second kappa shape index (κ2) is 8.47. The molecule has 4 rings (SSSR count). The van der Waals surface area contributed by atoms with Crippen LogP contribution < -0.4 is 16.2 Å². The van der Waals surface area contributed by atoms with Crippen LogP contribution in [0.15, 0.2) is 60.7 Å². The van der Waals surface area contributed by atoms with Crippen LogP contribution in [0.5, 0.6) is 0 Å². The summed E-state index contributed by atoms with van der Waals surface area (Å²) in [6.07, 6.45) is 1.86. The molecule has 1 saturated carbocycles. The molecular weight excluding hydrogens is 392 g/mol. The molecule has 1 aromatic heterocycles. The van der Waals surface area contributed by atoms with E-state index in [1.54, 1.807) is 30.3 Å². The first kappa shape index (κ1) is 20.4. The van der Waals surface area contributed by atoms with Crippen molar-refractivity contribution in [3.05, 3.63) is 83.2 Å². The average molecular weight is 416 g/mol. The molecule has 0 spiro atoms. The van der Waals surface area contributed by atoms with Crippen molar-refractivity contribution in [1.29, 1.82) is 0 Å². The Morgan fingerprint density at radius 3 is 2.16 bits per heavy atom. The average Bonchev–Trinajstić information content (AvgIpc) is 3.58. The van der Waals surface area contributed by atoms with Crippen molar-refractivity contribution in [2.24, 2.45) is 5.92 Å². The van der Waals surface area contributed by atoms with Crippen LogP contribution in [0.1, 0.15) is 44.9 Å². The SMILES string of the molecule is Cc1cc(C(=O)NNC(=O)c2ccc(NC(=O)C3CC3)cc2)c(C)n1-c1ccccc1. The Morgan fingerprint density at radius 2 is 1.52 bits per heavy atom. The fourth-order valence-electron chi connectivity index (χ4n) is 3.51. The molecule has 3 amide bonds. The maximum Gasteiger partial charge on any atom is 0.271 e. The number of amides is 3. The summed E-state index contributed by atoms with van der Waals surface area (Å²) in [6.45, 7) is 3.80. The lowest BCUT2D eigenvalue weighted by Crippen LogP contribution is -2.41. The van der Waals surface area contributed by atoms with Gasteiger partial charge in [-0.05, 0) is 69.2 Å². The number of hydrogen-bond donors (Lipinski definition) is 3. The summed E-state index contributed by atoms with van der Waals surface area (Å²) in [6, 6.07) is 18.1. The van der Waals surface area contributed by atoms with E-state index in [1.807, 2.05) is 48.7 Å². The topological polar surface area (TPSA) is 92.2 Å². The van der Waals surface area contributed by atoms with Gasteiger partial charge in [0, 0.05) is 34.2 Å². The zero-order valence-corrected chi connectivity index (χ0v) is 17.4. The number of benzene rings is 2. The molecule has 1 heterocycles. The first-order valence-corrected chi connectivity index (χ1v) is 10.2. The maximum absolute atomic E-state index is 12.7. The van der Waals surface area contributed by atoms with Gasteiger partial charge in [-0.3, -0.25) is 25.2 Å². The fourth-order valence-corrected chi connectivity index (χ4v) is 3.51. The van der Waals surface area contributed by atoms with E-state index in [-0.39, 0.29) is 11.8 Å². The van der Waals surface area contributed by atoms with Crippen molar-refractivity contribution in [3.63, 3.8) is 0 Å². The zero-order chi connectivity index (χ0) is 22.0. The molecule has 1 aliphatic carbocycles. The molecule has 0 aliphatic heterocycles. The van der Waals surface area contributed by atoms with Crippen LogP contribution in [-0.4, -0.2) is 22.3 Å². The van der Waals surface area contributed by atoms with Crippen LogP contribution in [-0.2, 0) is 4.79 Å². The third-order valence-electron chi connectivity index (χ3n) is 5.34. The third kappa shape index (κ3) is 4.50. The van der Waals surface area contributed by atoms with Gasteiger partial charge in [-0.1, -0.05) is 18.2 Å². The van der Waals surface area contributed by atoms with Crippen LogP contribution in [0.3, 0.4) is 0 Å². The number of rotatable bonds is 5. The molecule has 1 fully saturated rings. The number of carbonyl (C=O) groups excluding carboxylic acids is 3. The Labute approximate surface area is 180 Å². The third-order valence-corrected chi connectivity index (χ3v) is 5.34. The highest BCUT2D eigenvalue weighted by Gasteiger charge is 2.29. The van der Waals surface area contributed by atoms with Gasteiger partial charge in [0.15, 0.2) is 0 Å². The molecule has 3 N–H and O–H groups in total. The summed E-state index contributed by atoms with van der Waals surface area (Å²) in [5.41, 5.74) is 9.10. The van der Waals surface area contributed by atoms with E-state index >= 15 is 0 Å². The minimum Gasteiger partial charge on any atom is -0.326 e. The van der Waals surface area contributed by atoms with Gasteiger partial charge in [-0.15, -0.1) is 0 Å². The first-order chi connectivity index (χ1) is 14.9. The molecule has 7 heteroatoms. The van der Waals surface area contributed by atoms with Crippen LogP contribution in [0.4, 0.5) is 5.69 Å². The van der Waals surface area contributed by atoms with E-state index < -0.39 is 11.8 Å². The van der Waals surface area contributed by atoms with Crippen molar-refractivity contribution in [3.8, 4) is 5.69 Å². The quantitative estimate of drug-likeness (QED) is 0.556. The number of para-hydroxylation sites is 1. The number of hydrogen-bond acceptors (Lipinski definition) is 3. The van der Waals surface area contributed by atoms with Crippen LogP contribution >= 0.6 is 0 Å². The van der Waals surface area contributed by atoms with E-state index in [0.717, 1.165) is 29.9 Å². The van der Waals surface area contributed by atoms with Gasteiger partial charge >= 0.3 is 0 Å². The van der Waals surface area contributed by atoms with Crippen molar-refractivity contribution in [1.82, 2.24) is 15.4 Å². The number of nitrogens with one attached hydrogen (secondary N) is 3. The van der Waals surface area contributed by atoms with Gasteiger partial charge in [-0.2, -0.15) is 0 Å². The number of anilines is 1. The highest BCUT2D eigenvalue weighted by molar-refractivity contribution is 6.00. The molecule has 158 valence electrons. The van der Waals surface area contributed by atoms with Gasteiger partial charge < -0.3 is 9.88 Å². The highest BCUT2D eigenvalue weighted by atomic mass is 16.2. The van der Waals surface area contributed by atoms with Crippen molar-refractivity contribution in [2.75, 3.05) is 5.32 Å². The van der Waals surface area contributed by atoms with E-state index in [9.17, 15) is 14.4 Å². The Morgan fingerprint density at radius 1 is 0.871 bits per heavy atom. The summed E-state index contributed by atoms with van der Waals surface area (Å²) in [5.74, 6) is -0.707. The number of aromatic nitrogens is 1. The Hall–Kier alpha value is -3.87. The highest BCUT2D eigenvalue weighted by Crippen LogP contribution is 2.30. The molecule has 7 nitrogen and oxygen atoms in total. The van der Waals surface area contributed by atoms with E-state index in [1.165, 1.54) is 0 Å². The molecule has 1 aliphatic rings. The minimum atomic E-state index is -0.440. The molecule has 0 saturated heterocycles. The molecule has 0 unspecified atom stereocenters. The maximum atomic E-state index is 12.7. The summed E-state index contributed by atoms with van der Waals surface area (Å²) in [4.78, 5) is 36.9. The Kier molecular flexibility index (Phi) is 5.58. The minimum absolute atomic E-state index is 0.0116. The summed E-state index contributed by atoms with van der Waals surface area (Å²) < 4.78 is 1.99. The van der Waals surface area contributed by atoms with Crippen LogP contribution in [0, 0.1) is 19.8 Å². The Bertz CT molecular complexity index is 1130. The van der Waals surface area contributed by atoms with Crippen molar-refractivity contribution < 1.29 is 14.4 Å². The molecule has 31 heavy (non-hydrogen) atoms. The lowest BCUT2D eigenvalue weighted by molar-refractivity contribution is -0.117. The lowest BCUT2D eigenvalue weighted by atomic mass is 10.2. The molecule has 0 atom stereocenters. The smallest absolute Gasteiger partial charge is 0.271 e. The lowest BCUT2D eigenvalue weighted by Gasteiger charge is -2.10. The molecule has 2 aromatic carbocycles. The van der Waals surface area contributed by atoms with E-state index in [4.69, 9.17) is 0 Å². The van der Waals surface area contributed by atoms with Crippen LogP contribution in [0.25, 0.3) is 5.69 Å². The van der Waals surface area contributed by atoms with Gasteiger partial charge in [0.05, 0.1) is 5.56 Å². The summed E-state index contributed by atoms with van der Waals surface area (Å²) >= 11 is 0. The van der Waals surface area contributed by atoms with Crippen molar-refractivity contribution >= 4 is 23.4 Å². The fraction of sp³-hybridized carbons (Fsp3) is 0.208. The predicted octanol–water partition coefficient (Wildman–Crippen LogP) is 3.52.